The van der Waals surface area contributed by atoms with Crippen molar-refractivity contribution in [3.63, 3.8) is 0 Å². The number of urea groups is 1. The van der Waals surface area contributed by atoms with E-state index < -0.39 is 24.0 Å². The zero-order valence-electron chi connectivity index (χ0n) is 11.6. The van der Waals surface area contributed by atoms with Crippen LogP contribution < -0.4 is 10.6 Å². The Bertz CT molecular complexity index is 366. The van der Waals surface area contributed by atoms with Gasteiger partial charge in [0.15, 0.2) is 0 Å². The van der Waals surface area contributed by atoms with Crippen molar-refractivity contribution >= 4 is 18.0 Å². The molecule has 1 saturated carbocycles. The molecule has 0 aromatic rings. The Hall–Kier alpha value is -1.79. The number of carboxylic acids is 2. The van der Waals surface area contributed by atoms with E-state index in [-0.39, 0.29) is 18.9 Å². The van der Waals surface area contributed by atoms with Crippen LogP contribution in [0.5, 0.6) is 0 Å². The van der Waals surface area contributed by atoms with E-state index in [2.05, 4.69) is 10.6 Å². The van der Waals surface area contributed by atoms with E-state index in [4.69, 9.17) is 10.2 Å². The second-order valence-corrected chi connectivity index (χ2v) is 5.27. The van der Waals surface area contributed by atoms with E-state index in [9.17, 15) is 14.4 Å². The van der Waals surface area contributed by atoms with Crippen LogP contribution in [0.1, 0.15) is 45.4 Å². The van der Waals surface area contributed by atoms with Gasteiger partial charge < -0.3 is 20.8 Å². The largest absolute Gasteiger partial charge is 0.481 e. The van der Waals surface area contributed by atoms with Gasteiger partial charge >= 0.3 is 18.0 Å². The van der Waals surface area contributed by atoms with Gasteiger partial charge in [0.25, 0.3) is 0 Å². The average molecular weight is 286 g/mol. The summed E-state index contributed by atoms with van der Waals surface area (Å²) in [6, 6.07) is -1.74. The maximum absolute atomic E-state index is 11.7. The van der Waals surface area contributed by atoms with Crippen LogP contribution in [-0.4, -0.2) is 40.3 Å². The predicted octanol–water partition coefficient (Wildman–Crippen LogP) is 1.18. The van der Waals surface area contributed by atoms with E-state index in [1.165, 1.54) is 0 Å². The van der Waals surface area contributed by atoms with Crippen molar-refractivity contribution in [2.45, 2.75) is 57.5 Å². The number of carbonyl (C=O) groups is 3. The quantitative estimate of drug-likeness (QED) is 0.561. The number of aliphatic carboxylic acids is 2. The molecule has 1 aliphatic rings. The van der Waals surface area contributed by atoms with Gasteiger partial charge in [0.1, 0.15) is 6.04 Å². The molecule has 1 rings (SSSR count). The highest BCUT2D eigenvalue weighted by Crippen LogP contribution is 2.27. The second kappa shape index (κ2) is 7.72. The Kier molecular flexibility index (Phi) is 6.27. The molecular formula is C13H22N2O5. The molecule has 0 heterocycles. The summed E-state index contributed by atoms with van der Waals surface area (Å²) in [5, 5.41) is 22.5. The molecule has 0 aliphatic heterocycles. The van der Waals surface area contributed by atoms with Gasteiger partial charge in [-0.15, -0.1) is 0 Å². The summed E-state index contributed by atoms with van der Waals surface area (Å²) in [5.41, 5.74) is 0. The van der Waals surface area contributed by atoms with Crippen LogP contribution in [0.2, 0.25) is 0 Å². The van der Waals surface area contributed by atoms with Gasteiger partial charge in [0.05, 0.1) is 0 Å². The highest BCUT2D eigenvalue weighted by Gasteiger charge is 2.25. The lowest BCUT2D eigenvalue weighted by Gasteiger charge is -2.22. The van der Waals surface area contributed by atoms with Gasteiger partial charge in [-0.2, -0.15) is 0 Å². The van der Waals surface area contributed by atoms with Gasteiger partial charge in [-0.05, 0) is 32.1 Å². The lowest BCUT2D eigenvalue weighted by molar-refractivity contribution is -0.140. The van der Waals surface area contributed by atoms with Crippen molar-refractivity contribution in [2.75, 3.05) is 0 Å². The van der Waals surface area contributed by atoms with Crippen molar-refractivity contribution in [1.82, 2.24) is 10.6 Å². The average Bonchev–Trinajstić information content (AvgIpc) is 2.87. The molecule has 20 heavy (non-hydrogen) atoms. The SMILES string of the molecule is CC(NC(=O)NC(CCC(=O)O)C(=O)O)C1CCCC1. The van der Waals surface area contributed by atoms with E-state index in [0.717, 1.165) is 25.7 Å². The van der Waals surface area contributed by atoms with Crippen LogP contribution in [0.25, 0.3) is 0 Å². The fraction of sp³-hybridized carbons (Fsp3) is 0.769. The van der Waals surface area contributed by atoms with Crippen LogP contribution in [-0.2, 0) is 9.59 Å². The van der Waals surface area contributed by atoms with Gasteiger partial charge in [-0.1, -0.05) is 12.8 Å². The molecule has 0 aromatic carbocycles. The third kappa shape index (κ3) is 5.46. The number of amides is 2. The molecule has 1 aliphatic carbocycles. The summed E-state index contributed by atoms with van der Waals surface area (Å²) < 4.78 is 0. The molecule has 2 amide bonds. The molecule has 0 radical (unpaired) electrons. The maximum atomic E-state index is 11.7. The fourth-order valence-electron chi connectivity index (χ4n) is 2.51. The minimum absolute atomic E-state index is 0.00795. The van der Waals surface area contributed by atoms with Crippen molar-refractivity contribution in [1.29, 1.82) is 0 Å². The predicted molar refractivity (Wildman–Crippen MR) is 71.4 cm³/mol. The van der Waals surface area contributed by atoms with Gasteiger partial charge in [-0.3, -0.25) is 4.79 Å². The van der Waals surface area contributed by atoms with E-state index in [0.29, 0.717) is 5.92 Å². The molecule has 114 valence electrons. The van der Waals surface area contributed by atoms with Crippen LogP contribution in [0, 0.1) is 5.92 Å². The first-order chi connectivity index (χ1) is 9.40. The zero-order valence-corrected chi connectivity index (χ0v) is 11.6. The van der Waals surface area contributed by atoms with Crippen LogP contribution in [0.3, 0.4) is 0 Å². The summed E-state index contributed by atoms with van der Waals surface area (Å²) in [6.07, 6.45) is 4.04. The molecule has 0 saturated heterocycles. The molecule has 7 heteroatoms. The zero-order chi connectivity index (χ0) is 15.1. The normalized spacial score (nSPS) is 18.2. The Morgan fingerprint density at radius 2 is 1.75 bits per heavy atom. The van der Waals surface area contributed by atoms with Crippen LogP contribution >= 0.6 is 0 Å². The van der Waals surface area contributed by atoms with Crippen LogP contribution in [0.4, 0.5) is 4.79 Å². The van der Waals surface area contributed by atoms with Gasteiger partial charge in [-0.25, -0.2) is 9.59 Å². The van der Waals surface area contributed by atoms with Gasteiger partial charge in [0.2, 0.25) is 0 Å². The summed E-state index contributed by atoms with van der Waals surface area (Å²) in [5.74, 6) is -1.88. The summed E-state index contributed by atoms with van der Waals surface area (Å²) in [6.45, 7) is 1.91. The van der Waals surface area contributed by atoms with Crippen molar-refractivity contribution < 1.29 is 24.6 Å². The minimum atomic E-state index is -1.23. The fourth-order valence-corrected chi connectivity index (χ4v) is 2.51. The maximum Gasteiger partial charge on any atom is 0.326 e. The number of carboxylic acid groups (broad SMARTS) is 2. The third-order valence-electron chi connectivity index (χ3n) is 3.72. The lowest BCUT2D eigenvalue weighted by Crippen LogP contribution is -2.49. The molecule has 1 fully saturated rings. The smallest absolute Gasteiger partial charge is 0.326 e. The Balaban J connectivity index is 2.40. The standard InChI is InChI=1S/C13H22N2O5/c1-8(9-4-2-3-5-9)14-13(20)15-10(12(18)19)6-7-11(16)17/h8-10H,2-7H2,1H3,(H,16,17)(H,18,19)(H2,14,15,20). The molecule has 2 unspecified atom stereocenters. The number of carbonyl (C=O) groups excluding carboxylic acids is 1. The van der Waals surface area contributed by atoms with Gasteiger partial charge in [0, 0.05) is 12.5 Å². The molecular weight excluding hydrogens is 264 g/mol. The van der Waals surface area contributed by atoms with Crippen molar-refractivity contribution in [2.24, 2.45) is 5.92 Å². The molecule has 4 N–H and O–H groups in total. The first-order valence-electron chi connectivity index (χ1n) is 6.91. The summed E-state index contributed by atoms with van der Waals surface area (Å²) in [4.78, 5) is 33.1. The van der Waals surface area contributed by atoms with E-state index in [1.807, 2.05) is 6.92 Å². The van der Waals surface area contributed by atoms with Crippen LogP contribution in [0.15, 0.2) is 0 Å². The Morgan fingerprint density at radius 3 is 2.25 bits per heavy atom. The molecule has 2 atom stereocenters. The highest BCUT2D eigenvalue weighted by molar-refractivity contribution is 5.83. The minimum Gasteiger partial charge on any atom is -0.481 e. The monoisotopic (exact) mass is 286 g/mol. The second-order valence-electron chi connectivity index (χ2n) is 5.27. The number of hydrogen-bond acceptors (Lipinski definition) is 3. The Morgan fingerprint density at radius 1 is 1.15 bits per heavy atom. The highest BCUT2D eigenvalue weighted by atomic mass is 16.4. The van der Waals surface area contributed by atoms with E-state index in [1.54, 1.807) is 0 Å². The van der Waals surface area contributed by atoms with Crippen molar-refractivity contribution in [3.8, 4) is 0 Å². The van der Waals surface area contributed by atoms with E-state index >= 15 is 0 Å². The molecule has 0 aromatic heterocycles. The topological polar surface area (TPSA) is 116 Å². The molecule has 0 spiro atoms. The molecule has 7 nitrogen and oxygen atoms in total. The number of hydrogen-bond donors (Lipinski definition) is 4. The first-order valence-corrected chi connectivity index (χ1v) is 6.91. The number of nitrogens with one attached hydrogen (secondary N) is 2. The third-order valence-corrected chi connectivity index (χ3v) is 3.72. The summed E-state index contributed by atoms with van der Waals surface area (Å²) >= 11 is 0. The summed E-state index contributed by atoms with van der Waals surface area (Å²) in [7, 11) is 0. The first kappa shape index (κ1) is 16.3. The van der Waals surface area contributed by atoms with Crippen molar-refractivity contribution in [3.05, 3.63) is 0 Å². The lowest BCUT2D eigenvalue weighted by atomic mass is 10.0. The Labute approximate surface area is 117 Å². The number of rotatable bonds is 7. The molecule has 0 bridgehead atoms.